The predicted octanol–water partition coefficient (Wildman–Crippen LogP) is 4.40. The van der Waals surface area contributed by atoms with E-state index in [1.54, 1.807) is 0 Å². The van der Waals surface area contributed by atoms with Gasteiger partial charge in [0.2, 0.25) is 0 Å². The molecule has 0 aromatic heterocycles. The second-order valence-electron chi connectivity index (χ2n) is 4.59. The van der Waals surface area contributed by atoms with Crippen LogP contribution in [0.15, 0.2) is 29.2 Å². The Morgan fingerprint density at radius 3 is 2.81 bits per heavy atom. The van der Waals surface area contributed by atoms with Crippen LogP contribution in [0.1, 0.15) is 33.1 Å². The molecule has 0 amide bonds. The molecule has 1 aliphatic carbocycles. The molecule has 0 aliphatic heterocycles. The number of rotatable bonds is 4. The van der Waals surface area contributed by atoms with Crippen LogP contribution in [0, 0.1) is 5.92 Å². The fourth-order valence-corrected chi connectivity index (χ4v) is 3.20. The first-order chi connectivity index (χ1) is 7.81. The van der Waals surface area contributed by atoms with Gasteiger partial charge in [0, 0.05) is 16.6 Å². The van der Waals surface area contributed by atoms with Gasteiger partial charge in [-0.1, -0.05) is 32.4 Å². The summed E-state index contributed by atoms with van der Waals surface area (Å²) in [6, 6.07) is 9.36. The molecule has 2 unspecified atom stereocenters. The second kappa shape index (κ2) is 5.62. The third-order valence-electron chi connectivity index (χ3n) is 3.39. The highest BCUT2D eigenvalue weighted by atomic mass is 32.2. The van der Waals surface area contributed by atoms with E-state index < -0.39 is 0 Å². The summed E-state index contributed by atoms with van der Waals surface area (Å²) < 4.78 is 0. The lowest BCUT2D eigenvalue weighted by Crippen LogP contribution is -2.22. The molecular weight excluding hydrogens is 214 g/mol. The molecule has 1 aromatic rings. The lowest BCUT2D eigenvalue weighted by molar-refractivity contribution is 0.555. The number of thioether (sulfide) groups is 1. The Morgan fingerprint density at radius 1 is 1.31 bits per heavy atom. The molecule has 1 aliphatic rings. The summed E-state index contributed by atoms with van der Waals surface area (Å²) in [6.45, 7) is 4.57. The molecule has 1 nitrogen and oxygen atoms in total. The van der Waals surface area contributed by atoms with E-state index >= 15 is 0 Å². The fourth-order valence-electron chi connectivity index (χ4n) is 2.43. The van der Waals surface area contributed by atoms with Gasteiger partial charge in [-0.2, -0.15) is 0 Å². The van der Waals surface area contributed by atoms with Crippen molar-refractivity contribution in [2.24, 2.45) is 5.92 Å². The predicted molar refractivity (Wildman–Crippen MR) is 73.3 cm³/mol. The van der Waals surface area contributed by atoms with Gasteiger partial charge in [-0.3, -0.25) is 0 Å². The van der Waals surface area contributed by atoms with E-state index in [0.717, 1.165) is 11.7 Å². The quantitative estimate of drug-likeness (QED) is 0.776. The minimum absolute atomic E-state index is 0.679. The Bertz CT molecular complexity index is 337. The lowest BCUT2D eigenvalue weighted by atomic mass is 10.1. The standard InChI is InChI=1S/C14H21NS/c1-3-16-14-10-5-4-8-13(14)15-12-9-6-7-11(12)2/h4-5,8,10-12,15H,3,6-7,9H2,1-2H3. The van der Waals surface area contributed by atoms with Crippen LogP contribution in [0.25, 0.3) is 0 Å². The first-order valence-electron chi connectivity index (χ1n) is 6.29. The van der Waals surface area contributed by atoms with Crippen molar-refractivity contribution < 1.29 is 0 Å². The number of hydrogen-bond donors (Lipinski definition) is 1. The van der Waals surface area contributed by atoms with Crippen LogP contribution in [0.3, 0.4) is 0 Å². The number of para-hydroxylation sites is 1. The number of hydrogen-bond acceptors (Lipinski definition) is 2. The van der Waals surface area contributed by atoms with Gasteiger partial charge in [-0.05, 0) is 36.6 Å². The summed E-state index contributed by atoms with van der Waals surface area (Å²) in [6.07, 6.45) is 4.08. The molecule has 0 spiro atoms. The number of nitrogens with one attached hydrogen (secondary N) is 1. The fraction of sp³-hybridized carbons (Fsp3) is 0.571. The summed E-state index contributed by atoms with van der Waals surface area (Å²) in [7, 11) is 0. The van der Waals surface area contributed by atoms with Gasteiger partial charge in [0.05, 0.1) is 0 Å². The molecule has 88 valence electrons. The Kier molecular flexibility index (Phi) is 4.16. The van der Waals surface area contributed by atoms with Crippen LogP contribution < -0.4 is 5.32 Å². The van der Waals surface area contributed by atoms with E-state index in [2.05, 4.69) is 43.4 Å². The van der Waals surface area contributed by atoms with Crippen LogP contribution in [0.5, 0.6) is 0 Å². The summed E-state index contributed by atoms with van der Waals surface area (Å²) in [5, 5.41) is 3.72. The molecule has 0 heterocycles. The maximum absolute atomic E-state index is 3.72. The van der Waals surface area contributed by atoms with Crippen LogP contribution in [0.4, 0.5) is 5.69 Å². The Morgan fingerprint density at radius 2 is 2.12 bits per heavy atom. The maximum atomic E-state index is 3.72. The van der Waals surface area contributed by atoms with Gasteiger partial charge in [0.1, 0.15) is 0 Å². The first-order valence-corrected chi connectivity index (χ1v) is 7.28. The SMILES string of the molecule is CCSc1ccccc1NC1CCCC1C. The first kappa shape index (κ1) is 11.8. The van der Waals surface area contributed by atoms with E-state index in [1.807, 2.05) is 11.8 Å². The molecule has 1 aromatic carbocycles. The molecule has 16 heavy (non-hydrogen) atoms. The largest absolute Gasteiger partial charge is 0.381 e. The van der Waals surface area contributed by atoms with Gasteiger partial charge in [0.25, 0.3) is 0 Å². The van der Waals surface area contributed by atoms with Crippen molar-refractivity contribution in [3.05, 3.63) is 24.3 Å². The molecule has 1 saturated carbocycles. The summed E-state index contributed by atoms with van der Waals surface area (Å²) >= 11 is 1.92. The second-order valence-corrected chi connectivity index (χ2v) is 5.89. The monoisotopic (exact) mass is 235 g/mol. The number of anilines is 1. The Hall–Kier alpha value is -0.630. The highest BCUT2D eigenvalue weighted by Gasteiger charge is 2.23. The van der Waals surface area contributed by atoms with E-state index in [0.29, 0.717) is 6.04 Å². The molecular formula is C14H21NS. The van der Waals surface area contributed by atoms with Crippen LogP contribution >= 0.6 is 11.8 Å². The van der Waals surface area contributed by atoms with Crippen molar-refractivity contribution in [2.45, 2.75) is 44.0 Å². The highest BCUT2D eigenvalue weighted by Crippen LogP contribution is 2.32. The molecule has 2 rings (SSSR count). The zero-order valence-electron chi connectivity index (χ0n) is 10.2. The Balaban J connectivity index is 2.07. The topological polar surface area (TPSA) is 12.0 Å². The highest BCUT2D eigenvalue weighted by molar-refractivity contribution is 7.99. The van der Waals surface area contributed by atoms with Gasteiger partial charge in [-0.15, -0.1) is 11.8 Å². The molecule has 0 bridgehead atoms. The molecule has 0 radical (unpaired) electrons. The molecule has 2 heteroatoms. The normalized spacial score (nSPS) is 24.6. The van der Waals surface area contributed by atoms with E-state index in [9.17, 15) is 0 Å². The van der Waals surface area contributed by atoms with Crippen LogP contribution in [0.2, 0.25) is 0 Å². The molecule has 2 atom stereocenters. The lowest BCUT2D eigenvalue weighted by Gasteiger charge is -2.20. The van der Waals surface area contributed by atoms with Crippen molar-refractivity contribution in [3.63, 3.8) is 0 Å². The third-order valence-corrected chi connectivity index (χ3v) is 4.34. The van der Waals surface area contributed by atoms with Crippen molar-refractivity contribution >= 4 is 17.4 Å². The zero-order chi connectivity index (χ0) is 11.4. The average Bonchev–Trinajstić information content (AvgIpc) is 2.68. The van der Waals surface area contributed by atoms with Gasteiger partial charge in [-0.25, -0.2) is 0 Å². The summed E-state index contributed by atoms with van der Waals surface area (Å²) in [5.74, 6) is 1.96. The number of benzene rings is 1. The maximum Gasteiger partial charge on any atom is 0.0480 e. The summed E-state index contributed by atoms with van der Waals surface area (Å²) in [5.41, 5.74) is 1.33. The van der Waals surface area contributed by atoms with E-state index in [-0.39, 0.29) is 0 Å². The van der Waals surface area contributed by atoms with Crippen molar-refractivity contribution in [1.29, 1.82) is 0 Å². The van der Waals surface area contributed by atoms with E-state index in [4.69, 9.17) is 0 Å². The average molecular weight is 235 g/mol. The molecule has 1 N–H and O–H groups in total. The van der Waals surface area contributed by atoms with Crippen LogP contribution in [-0.2, 0) is 0 Å². The van der Waals surface area contributed by atoms with Gasteiger partial charge < -0.3 is 5.32 Å². The van der Waals surface area contributed by atoms with Crippen molar-refractivity contribution in [3.8, 4) is 0 Å². The van der Waals surface area contributed by atoms with Crippen molar-refractivity contribution in [2.75, 3.05) is 11.1 Å². The minimum Gasteiger partial charge on any atom is -0.381 e. The smallest absolute Gasteiger partial charge is 0.0480 e. The van der Waals surface area contributed by atoms with Crippen molar-refractivity contribution in [1.82, 2.24) is 0 Å². The van der Waals surface area contributed by atoms with Crippen LogP contribution in [-0.4, -0.2) is 11.8 Å². The minimum atomic E-state index is 0.679. The Labute approximate surface area is 103 Å². The van der Waals surface area contributed by atoms with Gasteiger partial charge >= 0.3 is 0 Å². The van der Waals surface area contributed by atoms with E-state index in [1.165, 1.54) is 29.8 Å². The zero-order valence-corrected chi connectivity index (χ0v) is 11.0. The summed E-state index contributed by atoms with van der Waals surface area (Å²) in [4.78, 5) is 1.39. The molecule has 1 fully saturated rings. The third kappa shape index (κ3) is 2.73. The molecule has 0 saturated heterocycles. The van der Waals surface area contributed by atoms with Gasteiger partial charge in [0.15, 0.2) is 0 Å².